The lowest BCUT2D eigenvalue weighted by Crippen LogP contribution is -2.22. The summed E-state index contributed by atoms with van der Waals surface area (Å²) in [5.41, 5.74) is 5.27. The van der Waals surface area contributed by atoms with Crippen molar-refractivity contribution in [3.63, 3.8) is 0 Å². The quantitative estimate of drug-likeness (QED) is 0.577. The summed E-state index contributed by atoms with van der Waals surface area (Å²) in [6.45, 7) is 7.80. The molecule has 4 nitrogen and oxygen atoms in total. The molecule has 0 aliphatic heterocycles. The lowest BCUT2D eigenvalue weighted by Gasteiger charge is -2.13. The summed E-state index contributed by atoms with van der Waals surface area (Å²) < 4.78 is 5.09. The third kappa shape index (κ3) is 5.63. The highest BCUT2D eigenvalue weighted by molar-refractivity contribution is 8.00. The third-order valence-electron chi connectivity index (χ3n) is 4.20. The number of thioether (sulfide) groups is 1. The molecule has 0 unspecified atom stereocenters. The molecule has 0 aliphatic rings. The molecule has 26 heavy (non-hydrogen) atoms. The number of rotatable bonds is 7. The fourth-order valence-electron chi connectivity index (χ4n) is 2.51. The van der Waals surface area contributed by atoms with Crippen molar-refractivity contribution in [1.82, 2.24) is 0 Å². The monoisotopic (exact) mass is 371 g/mol. The zero-order valence-electron chi connectivity index (χ0n) is 15.7. The standard InChI is InChI=1S/C21H25NO3S/c1-5-17-8-6-7-15(3)21(17)22-19(23)12-25-20(24)13-26-18-10-9-14(2)16(4)11-18/h6-11H,5,12-13H2,1-4H3,(H,22,23). The molecule has 0 aromatic heterocycles. The summed E-state index contributed by atoms with van der Waals surface area (Å²) in [7, 11) is 0. The van der Waals surface area contributed by atoms with Crippen LogP contribution in [0.15, 0.2) is 41.3 Å². The number of nitrogens with one attached hydrogen (secondary N) is 1. The highest BCUT2D eigenvalue weighted by Crippen LogP contribution is 2.22. The van der Waals surface area contributed by atoms with E-state index in [0.717, 1.165) is 28.1 Å². The van der Waals surface area contributed by atoms with Crippen LogP contribution in [0.5, 0.6) is 0 Å². The van der Waals surface area contributed by atoms with Gasteiger partial charge in [0.25, 0.3) is 5.91 Å². The Balaban J connectivity index is 1.82. The molecule has 0 saturated carbocycles. The van der Waals surface area contributed by atoms with E-state index in [1.807, 2.05) is 57.2 Å². The third-order valence-corrected chi connectivity index (χ3v) is 5.17. The first-order chi connectivity index (χ1) is 12.4. The minimum absolute atomic E-state index is 0.181. The van der Waals surface area contributed by atoms with Gasteiger partial charge >= 0.3 is 5.97 Å². The average molecular weight is 372 g/mol. The van der Waals surface area contributed by atoms with Gasteiger partial charge in [-0.15, -0.1) is 11.8 Å². The van der Waals surface area contributed by atoms with Crippen molar-refractivity contribution in [3.05, 3.63) is 58.7 Å². The summed E-state index contributed by atoms with van der Waals surface area (Å²) in [4.78, 5) is 25.0. The molecule has 0 atom stereocenters. The van der Waals surface area contributed by atoms with Crippen LogP contribution in [0.2, 0.25) is 0 Å². The SMILES string of the molecule is CCc1cccc(C)c1NC(=O)COC(=O)CSc1ccc(C)c(C)c1. The van der Waals surface area contributed by atoms with Gasteiger partial charge in [0.05, 0.1) is 5.75 Å². The van der Waals surface area contributed by atoms with Gasteiger partial charge in [0, 0.05) is 10.6 Å². The van der Waals surface area contributed by atoms with Crippen LogP contribution in [0.25, 0.3) is 0 Å². The molecule has 0 heterocycles. The summed E-state index contributed by atoms with van der Waals surface area (Å²) in [5.74, 6) is -0.539. The van der Waals surface area contributed by atoms with Crippen LogP contribution < -0.4 is 5.32 Å². The van der Waals surface area contributed by atoms with E-state index in [9.17, 15) is 9.59 Å². The second kappa shape index (κ2) is 9.43. The Morgan fingerprint density at radius 1 is 1.04 bits per heavy atom. The topological polar surface area (TPSA) is 55.4 Å². The molecule has 0 bridgehead atoms. The first kappa shape index (κ1) is 20.0. The number of hydrogen-bond acceptors (Lipinski definition) is 4. The van der Waals surface area contributed by atoms with E-state index >= 15 is 0 Å². The number of benzene rings is 2. The Morgan fingerprint density at radius 3 is 2.50 bits per heavy atom. The van der Waals surface area contributed by atoms with Gasteiger partial charge in [-0.25, -0.2) is 0 Å². The summed E-state index contributed by atoms with van der Waals surface area (Å²) in [6.07, 6.45) is 0.823. The van der Waals surface area contributed by atoms with Crippen LogP contribution in [-0.2, 0) is 20.7 Å². The second-order valence-electron chi connectivity index (χ2n) is 6.21. The lowest BCUT2D eigenvalue weighted by atomic mass is 10.1. The maximum atomic E-state index is 12.1. The van der Waals surface area contributed by atoms with Gasteiger partial charge in [0.2, 0.25) is 0 Å². The number of hydrogen-bond donors (Lipinski definition) is 1. The van der Waals surface area contributed by atoms with Gasteiger partial charge in [-0.05, 0) is 61.6 Å². The summed E-state index contributed by atoms with van der Waals surface area (Å²) >= 11 is 1.41. The van der Waals surface area contributed by atoms with E-state index in [0.29, 0.717) is 0 Å². The van der Waals surface area contributed by atoms with Crippen molar-refractivity contribution in [2.45, 2.75) is 39.0 Å². The number of carbonyl (C=O) groups excluding carboxylic acids is 2. The van der Waals surface area contributed by atoms with Crippen LogP contribution in [-0.4, -0.2) is 24.2 Å². The maximum absolute atomic E-state index is 12.1. The number of carbonyl (C=O) groups is 2. The normalized spacial score (nSPS) is 10.5. The van der Waals surface area contributed by atoms with Crippen LogP contribution in [0.4, 0.5) is 5.69 Å². The molecule has 1 N–H and O–H groups in total. The zero-order chi connectivity index (χ0) is 19.1. The van der Waals surface area contributed by atoms with Crippen LogP contribution in [0.3, 0.4) is 0 Å². The minimum atomic E-state index is -0.399. The van der Waals surface area contributed by atoms with Gasteiger partial charge in [0.1, 0.15) is 0 Å². The van der Waals surface area contributed by atoms with E-state index in [1.165, 1.54) is 22.9 Å². The highest BCUT2D eigenvalue weighted by Gasteiger charge is 2.12. The lowest BCUT2D eigenvalue weighted by molar-refractivity contribution is -0.144. The van der Waals surface area contributed by atoms with Crippen molar-refractivity contribution < 1.29 is 14.3 Å². The summed E-state index contributed by atoms with van der Waals surface area (Å²) in [5, 5.41) is 2.85. The Morgan fingerprint density at radius 2 is 1.81 bits per heavy atom. The molecular weight excluding hydrogens is 346 g/mol. The largest absolute Gasteiger partial charge is 0.455 e. The maximum Gasteiger partial charge on any atom is 0.316 e. The van der Waals surface area contributed by atoms with Gasteiger partial charge in [-0.3, -0.25) is 9.59 Å². The average Bonchev–Trinajstić information content (AvgIpc) is 2.62. The molecule has 0 fully saturated rings. The van der Waals surface area contributed by atoms with Gasteiger partial charge in [-0.2, -0.15) is 0 Å². The van der Waals surface area contributed by atoms with Crippen molar-refractivity contribution >= 4 is 29.3 Å². The Kier molecular flexibility index (Phi) is 7.27. The molecule has 138 valence electrons. The minimum Gasteiger partial charge on any atom is -0.455 e. The first-order valence-electron chi connectivity index (χ1n) is 8.64. The fraction of sp³-hybridized carbons (Fsp3) is 0.333. The van der Waals surface area contributed by atoms with Crippen LogP contribution >= 0.6 is 11.8 Å². The van der Waals surface area contributed by atoms with Crippen LogP contribution in [0, 0.1) is 20.8 Å². The van der Waals surface area contributed by atoms with Crippen LogP contribution in [0.1, 0.15) is 29.2 Å². The second-order valence-corrected chi connectivity index (χ2v) is 7.25. The predicted molar refractivity (Wildman–Crippen MR) is 107 cm³/mol. The Hall–Kier alpha value is -2.27. The number of esters is 1. The molecule has 2 rings (SSSR count). The predicted octanol–water partition coefficient (Wildman–Crippen LogP) is 4.45. The van der Waals surface area contributed by atoms with Crippen molar-refractivity contribution in [2.75, 3.05) is 17.7 Å². The van der Waals surface area contributed by atoms with Crippen molar-refractivity contribution in [2.24, 2.45) is 0 Å². The molecule has 1 amide bonds. The van der Waals surface area contributed by atoms with E-state index in [1.54, 1.807) is 0 Å². The number of anilines is 1. The fourth-order valence-corrected chi connectivity index (χ4v) is 3.30. The summed E-state index contributed by atoms with van der Waals surface area (Å²) in [6, 6.07) is 12.0. The number of amides is 1. The van der Waals surface area contributed by atoms with Gasteiger partial charge < -0.3 is 10.1 Å². The van der Waals surface area contributed by atoms with Gasteiger partial charge in [0.15, 0.2) is 6.61 Å². The highest BCUT2D eigenvalue weighted by atomic mass is 32.2. The van der Waals surface area contributed by atoms with E-state index in [-0.39, 0.29) is 18.3 Å². The van der Waals surface area contributed by atoms with E-state index in [2.05, 4.69) is 12.2 Å². The smallest absolute Gasteiger partial charge is 0.316 e. The molecule has 0 aliphatic carbocycles. The molecule has 5 heteroatoms. The van der Waals surface area contributed by atoms with Gasteiger partial charge in [-0.1, -0.05) is 31.2 Å². The molecule has 0 spiro atoms. The number of aryl methyl sites for hydroxylation is 4. The molecule has 2 aromatic rings. The first-order valence-corrected chi connectivity index (χ1v) is 9.63. The Labute approximate surface area is 159 Å². The number of para-hydroxylation sites is 1. The van der Waals surface area contributed by atoms with E-state index in [4.69, 9.17) is 4.74 Å². The molecule has 0 radical (unpaired) electrons. The molecule has 2 aromatic carbocycles. The zero-order valence-corrected chi connectivity index (χ0v) is 16.5. The van der Waals surface area contributed by atoms with Crippen molar-refractivity contribution in [3.8, 4) is 0 Å². The van der Waals surface area contributed by atoms with E-state index < -0.39 is 5.97 Å². The van der Waals surface area contributed by atoms with Crippen molar-refractivity contribution in [1.29, 1.82) is 0 Å². The number of ether oxygens (including phenoxy) is 1. The Bertz CT molecular complexity index is 802. The molecule has 0 saturated heterocycles. The molecular formula is C21H25NO3S.